The van der Waals surface area contributed by atoms with E-state index in [0.29, 0.717) is 19.3 Å². The summed E-state index contributed by atoms with van der Waals surface area (Å²) >= 11 is 0. The van der Waals surface area contributed by atoms with Crippen LogP contribution in [0.5, 0.6) is 0 Å². The van der Waals surface area contributed by atoms with Crippen molar-refractivity contribution in [1.29, 1.82) is 0 Å². The zero-order valence-corrected chi connectivity index (χ0v) is 52.8. The maximum absolute atomic E-state index is 13.0. The molecule has 0 heterocycles. The molecule has 6 heteroatoms. The van der Waals surface area contributed by atoms with Crippen molar-refractivity contribution in [3.8, 4) is 0 Å². The van der Waals surface area contributed by atoms with Gasteiger partial charge in [-0.25, -0.2) is 0 Å². The van der Waals surface area contributed by atoms with Gasteiger partial charge in [-0.2, -0.15) is 0 Å². The summed E-state index contributed by atoms with van der Waals surface area (Å²) in [5.41, 5.74) is 0. The van der Waals surface area contributed by atoms with Crippen LogP contribution in [0, 0.1) is 0 Å². The first-order chi connectivity index (χ1) is 39.5. The highest BCUT2D eigenvalue weighted by molar-refractivity contribution is 5.71. The molecule has 1 atom stereocenters. The minimum absolute atomic E-state index is 0.0873. The molecule has 0 aliphatic carbocycles. The molecular formula is C74H128O6. The van der Waals surface area contributed by atoms with Crippen molar-refractivity contribution in [3.63, 3.8) is 0 Å². The number of ether oxygens (including phenoxy) is 3. The largest absolute Gasteiger partial charge is 0.462 e. The van der Waals surface area contributed by atoms with E-state index >= 15 is 0 Å². The molecule has 0 rings (SSSR count). The highest BCUT2D eigenvalue weighted by atomic mass is 16.6. The van der Waals surface area contributed by atoms with Crippen LogP contribution >= 0.6 is 0 Å². The minimum Gasteiger partial charge on any atom is -0.462 e. The van der Waals surface area contributed by atoms with E-state index in [-0.39, 0.29) is 31.1 Å². The summed E-state index contributed by atoms with van der Waals surface area (Å²) in [5, 5.41) is 0. The molecule has 0 aromatic carbocycles. The van der Waals surface area contributed by atoms with Crippen molar-refractivity contribution in [1.82, 2.24) is 0 Å². The molecule has 0 amide bonds. The molecular weight excluding hydrogens is 985 g/mol. The van der Waals surface area contributed by atoms with Gasteiger partial charge in [-0.15, -0.1) is 0 Å². The van der Waals surface area contributed by atoms with Crippen LogP contribution < -0.4 is 0 Å². The van der Waals surface area contributed by atoms with Crippen LogP contribution in [0.4, 0.5) is 0 Å². The fourth-order valence-electron chi connectivity index (χ4n) is 9.70. The predicted molar refractivity (Wildman–Crippen MR) is 348 cm³/mol. The Morgan fingerprint density at radius 2 is 0.500 bits per heavy atom. The molecule has 6 nitrogen and oxygen atoms in total. The van der Waals surface area contributed by atoms with Gasteiger partial charge in [0.25, 0.3) is 0 Å². The molecule has 0 aromatic heterocycles. The van der Waals surface area contributed by atoms with E-state index in [2.05, 4.69) is 118 Å². The lowest BCUT2D eigenvalue weighted by Gasteiger charge is -2.18. The van der Waals surface area contributed by atoms with Gasteiger partial charge in [0.2, 0.25) is 0 Å². The standard InChI is InChI=1S/C74H128O6/c1-4-7-10-13-16-19-22-25-28-30-32-34-36-37-39-40-42-44-46-49-52-55-58-61-64-67-73(76)79-70-71(69-78-72(75)66-63-60-57-54-51-48-27-24-21-18-15-12-9-6-3)80-74(77)68-65-62-59-56-53-50-47-45-43-41-38-35-33-31-29-26-23-20-17-14-11-8-5-2/h7,10,15-16,18-19,24-25,27-28,32,34,37,39,42,44,71H,4-6,8-9,11-14,17,20-23,26,29-31,33,35-36,38,40-41,43,45-70H2,1-3H3/b10-7-,18-15-,19-16-,27-24-,28-25-,34-32-,39-37-,44-42-. The molecule has 0 aromatic rings. The Morgan fingerprint density at radius 1 is 0.263 bits per heavy atom. The van der Waals surface area contributed by atoms with Crippen molar-refractivity contribution in [2.45, 2.75) is 341 Å². The quantitative estimate of drug-likeness (QED) is 0.0261. The summed E-state index contributed by atoms with van der Waals surface area (Å²) in [7, 11) is 0. The molecule has 0 fully saturated rings. The van der Waals surface area contributed by atoms with Gasteiger partial charge < -0.3 is 14.2 Å². The van der Waals surface area contributed by atoms with Crippen LogP contribution in [0.15, 0.2) is 97.2 Å². The number of esters is 3. The molecule has 0 spiro atoms. The summed E-state index contributed by atoms with van der Waals surface area (Å²) < 4.78 is 17.0. The maximum Gasteiger partial charge on any atom is 0.306 e. The third-order valence-electron chi connectivity index (χ3n) is 14.8. The fraction of sp³-hybridized carbons (Fsp3) is 0.743. The molecule has 0 aliphatic rings. The van der Waals surface area contributed by atoms with E-state index in [0.717, 1.165) is 135 Å². The van der Waals surface area contributed by atoms with Crippen LogP contribution in [0.3, 0.4) is 0 Å². The monoisotopic (exact) mass is 1110 g/mol. The van der Waals surface area contributed by atoms with Crippen LogP contribution in [0.2, 0.25) is 0 Å². The van der Waals surface area contributed by atoms with Crippen molar-refractivity contribution < 1.29 is 28.6 Å². The Labute approximate surface area is 496 Å². The summed E-state index contributed by atoms with van der Waals surface area (Å²) in [4.78, 5) is 38.4. The zero-order valence-electron chi connectivity index (χ0n) is 52.8. The van der Waals surface area contributed by atoms with Gasteiger partial charge in [-0.3, -0.25) is 14.4 Å². The summed E-state index contributed by atoms with van der Waals surface area (Å²) in [6.07, 6.45) is 91.4. The third-order valence-corrected chi connectivity index (χ3v) is 14.8. The molecule has 0 radical (unpaired) electrons. The van der Waals surface area contributed by atoms with Gasteiger partial charge in [0.1, 0.15) is 13.2 Å². The van der Waals surface area contributed by atoms with Crippen molar-refractivity contribution in [2.75, 3.05) is 13.2 Å². The van der Waals surface area contributed by atoms with E-state index in [9.17, 15) is 14.4 Å². The van der Waals surface area contributed by atoms with Crippen molar-refractivity contribution in [2.24, 2.45) is 0 Å². The number of carbonyl (C=O) groups is 3. The molecule has 0 aliphatic heterocycles. The van der Waals surface area contributed by atoms with E-state index in [1.54, 1.807) is 0 Å². The first kappa shape index (κ1) is 76.3. The number of rotatable bonds is 62. The lowest BCUT2D eigenvalue weighted by atomic mass is 10.0. The molecule has 80 heavy (non-hydrogen) atoms. The Kier molecular flexibility index (Phi) is 64.7. The van der Waals surface area contributed by atoms with E-state index < -0.39 is 6.10 Å². The van der Waals surface area contributed by atoms with Gasteiger partial charge >= 0.3 is 17.9 Å². The molecule has 0 N–H and O–H groups in total. The Bertz CT molecular complexity index is 1560. The van der Waals surface area contributed by atoms with E-state index in [4.69, 9.17) is 14.2 Å². The van der Waals surface area contributed by atoms with E-state index in [1.807, 2.05) is 0 Å². The van der Waals surface area contributed by atoms with Crippen LogP contribution in [0.25, 0.3) is 0 Å². The van der Waals surface area contributed by atoms with Gasteiger partial charge in [0, 0.05) is 19.3 Å². The second-order valence-electron chi connectivity index (χ2n) is 22.7. The lowest BCUT2D eigenvalue weighted by molar-refractivity contribution is -0.167. The maximum atomic E-state index is 13.0. The number of hydrogen-bond acceptors (Lipinski definition) is 6. The second-order valence-corrected chi connectivity index (χ2v) is 22.7. The first-order valence-electron chi connectivity index (χ1n) is 34.2. The smallest absolute Gasteiger partial charge is 0.306 e. The highest BCUT2D eigenvalue weighted by Crippen LogP contribution is 2.17. The lowest BCUT2D eigenvalue weighted by Crippen LogP contribution is -2.30. The molecule has 460 valence electrons. The summed E-state index contributed by atoms with van der Waals surface area (Å²) in [6, 6.07) is 0. The number of unbranched alkanes of at least 4 members (excludes halogenated alkanes) is 35. The Morgan fingerprint density at radius 3 is 0.800 bits per heavy atom. The molecule has 0 saturated heterocycles. The summed E-state index contributed by atoms with van der Waals surface area (Å²) in [6.45, 7) is 6.50. The Hall–Kier alpha value is -3.67. The van der Waals surface area contributed by atoms with Crippen molar-refractivity contribution in [3.05, 3.63) is 97.2 Å². The highest BCUT2D eigenvalue weighted by Gasteiger charge is 2.19. The number of hydrogen-bond donors (Lipinski definition) is 0. The third kappa shape index (κ3) is 65.1. The molecule has 0 bridgehead atoms. The van der Waals surface area contributed by atoms with Crippen molar-refractivity contribution >= 4 is 17.9 Å². The number of carbonyl (C=O) groups excluding carboxylic acids is 3. The van der Waals surface area contributed by atoms with Crippen LogP contribution in [0.1, 0.15) is 335 Å². The second kappa shape index (κ2) is 67.8. The van der Waals surface area contributed by atoms with Gasteiger partial charge in [-0.1, -0.05) is 317 Å². The van der Waals surface area contributed by atoms with Crippen LogP contribution in [-0.2, 0) is 28.6 Å². The van der Waals surface area contributed by atoms with Gasteiger partial charge in [-0.05, 0) is 96.3 Å². The van der Waals surface area contributed by atoms with Gasteiger partial charge in [0.05, 0.1) is 0 Å². The van der Waals surface area contributed by atoms with E-state index in [1.165, 1.54) is 161 Å². The predicted octanol–water partition coefficient (Wildman–Crippen LogP) is 23.6. The van der Waals surface area contributed by atoms with Crippen LogP contribution in [-0.4, -0.2) is 37.2 Å². The molecule has 0 saturated carbocycles. The average molecular weight is 1110 g/mol. The zero-order chi connectivity index (χ0) is 57.8. The minimum atomic E-state index is -0.791. The van der Waals surface area contributed by atoms with Gasteiger partial charge in [0.15, 0.2) is 6.10 Å². The topological polar surface area (TPSA) is 78.9 Å². The fourth-order valence-corrected chi connectivity index (χ4v) is 9.70. The Balaban J connectivity index is 4.35. The average Bonchev–Trinajstić information content (AvgIpc) is 3.46. The molecule has 1 unspecified atom stereocenters. The SMILES string of the molecule is CC/C=C\C/C=C\C/C=C\C/C=C\C/C=C\C/C=C\CCCCCCCCC(=O)OCC(COC(=O)CCCCCCC/C=C\C/C=C\CCCC)OC(=O)CCCCCCCCCCCCCCCCCCCCCCCCC. The summed E-state index contributed by atoms with van der Waals surface area (Å²) in [5.74, 6) is -0.899. The number of allylic oxidation sites excluding steroid dienone is 16. The first-order valence-corrected chi connectivity index (χ1v) is 34.2. The normalized spacial score (nSPS) is 12.7.